The molecule has 1 unspecified atom stereocenters. The average molecular weight is 558 g/mol. The number of sulfone groups is 1. The molecule has 2 aromatic carbocycles. The minimum atomic E-state index is -3.19. The van der Waals surface area contributed by atoms with Gasteiger partial charge in [-0.05, 0) is 49.7 Å². The van der Waals surface area contributed by atoms with Gasteiger partial charge in [0.05, 0.1) is 11.4 Å². The van der Waals surface area contributed by atoms with Gasteiger partial charge in [-0.25, -0.2) is 8.42 Å². The van der Waals surface area contributed by atoms with Crippen LogP contribution in [0.3, 0.4) is 0 Å². The highest BCUT2D eigenvalue weighted by Gasteiger charge is 2.23. The van der Waals surface area contributed by atoms with Crippen LogP contribution < -0.4 is 20.3 Å². The third kappa shape index (κ3) is 7.57. The fraction of sp³-hybridized carbons (Fsp3) is 0.409. The van der Waals surface area contributed by atoms with E-state index in [4.69, 9.17) is 4.74 Å². The normalized spacial score (nSPS) is 16.5. The predicted octanol–water partition coefficient (Wildman–Crippen LogP) is 2.84. The zero-order valence-corrected chi connectivity index (χ0v) is 21.3. The lowest BCUT2D eigenvalue weighted by Gasteiger charge is -2.20. The Labute approximate surface area is 202 Å². The molecule has 1 atom stereocenters. The van der Waals surface area contributed by atoms with E-state index < -0.39 is 9.84 Å². The molecule has 7 nitrogen and oxygen atoms in total. The molecule has 1 aliphatic heterocycles. The zero-order chi connectivity index (χ0) is 21.6. The van der Waals surface area contributed by atoms with Crippen LogP contribution >= 0.6 is 24.0 Å². The summed E-state index contributed by atoms with van der Waals surface area (Å²) in [6.45, 7) is 5.08. The van der Waals surface area contributed by atoms with Gasteiger partial charge in [0.1, 0.15) is 12.4 Å². The molecule has 0 radical (unpaired) electrons. The van der Waals surface area contributed by atoms with Crippen molar-refractivity contribution in [3.63, 3.8) is 0 Å². The summed E-state index contributed by atoms with van der Waals surface area (Å²) in [4.78, 5) is 6.97. The Kier molecular flexibility index (Phi) is 9.42. The predicted molar refractivity (Wildman–Crippen MR) is 137 cm³/mol. The lowest BCUT2D eigenvalue weighted by Crippen LogP contribution is -2.45. The van der Waals surface area contributed by atoms with Crippen LogP contribution in [-0.4, -0.2) is 60.0 Å². The maximum Gasteiger partial charge on any atom is 0.191 e. The van der Waals surface area contributed by atoms with E-state index in [1.165, 1.54) is 17.5 Å². The Bertz CT molecular complexity index is 963. The highest BCUT2D eigenvalue weighted by Crippen LogP contribution is 2.20. The van der Waals surface area contributed by atoms with E-state index in [0.29, 0.717) is 24.9 Å². The Hall–Kier alpha value is -2.01. The van der Waals surface area contributed by atoms with Crippen molar-refractivity contribution < 1.29 is 13.2 Å². The van der Waals surface area contributed by atoms with Gasteiger partial charge in [0.15, 0.2) is 15.8 Å². The van der Waals surface area contributed by atoms with E-state index in [1.54, 1.807) is 31.3 Å². The first-order valence-electron chi connectivity index (χ1n) is 10.1. The summed E-state index contributed by atoms with van der Waals surface area (Å²) >= 11 is 0. The maximum atomic E-state index is 11.5. The Morgan fingerprint density at radius 1 is 1.16 bits per heavy atom. The van der Waals surface area contributed by atoms with Gasteiger partial charge in [-0.15, -0.1) is 24.0 Å². The van der Waals surface area contributed by atoms with Crippen molar-refractivity contribution in [3.8, 4) is 5.75 Å². The van der Waals surface area contributed by atoms with Crippen LogP contribution in [0.15, 0.2) is 58.4 Å². The van der Waals surface area contributed by atoms with E-state index in [0.717, 1.165) is 25.5 Å². The lowest BCUT2D eigenvalue weighted by atomic mass is 10.2. The van der Waals surface area contributed by atoms with Gasteiger partial charge in [-0.3, -0.25) is 4.99 Å². The zero-order valence-electron chi connectivity index (χ0n) is 18.2. The number of guanidine groups is 1. The second kappa shape index (κ2) is 11.6. The first-order valence-corrected chi connectivity index (χ1v) is 12.0. The monoisotopic (exact) mass is 558 g/mol. The molecule has 1 fully saturated rings. The summed E-state index contributed by atoms with van der Waals surface area (Å²) < 4.78 is 28.7. The fourth-order valence-electron chi connectivity index (χ4n) is 3.38. The molecule has 0 spiro atoms. The molecule has 31 heavy (non-hydrogen) atoms. The molecule has 0 saturated carbocycles. The number of benzene rings is 2. The number of halogens is 1. The molecule has 1 aliphatic rings. The topological polar surface area (TPSA) is 83.0 Å². The minimum absolute atomic E-state index is 0. The van der Waals surface area contributed by atoms with E-state index in [1.807, 2.05) is 0 Å². The van der Waals surface area contributed by atoms with Crippen molar-refractivity contribution >= 4 is 45.5 Å². The van der Waals surface area contributed by atoms with Crippen molar-refractivity contribution in [1.82, 2.24) is 10.6 Å². The van der Waals surface area contributed by atoms with Gasteiger partial charge >= 0.3 is 0 Å². The van der Waals surface area contributed by atoms with E-state index in [9.17, 15) is 8.42 Å². The highest BCUT2D eigenvalue weighted by molar-refractivity contribution is 14.0. The first-order chi connectivity index (χ1) is 14.3. The van der Waals surface area contributed by atoms with Crippen molar-refractivity contribution in [1.29, 1.82) is 0 Å². The van der Waals surface area contributed by atoms with Crippen LogP contribution in [0.25, 0.3) is 0 Å². The number of rotatable bonds is 7. The van der Waals surface area contributed by atoms with E-state index in [2.05, 4.69) is 51.7 Å². The molecule has 2 aromatic rings. The van der Waals surface area contributed by atoms with Crippen LogP contribution in [0.4, 0.5) is 5.69 Å². The quantitative estimate of drug-likeness (QED) is 0.236. The second-order valence-electron chi connectivity index (χ2n) is 7.50. The van der Waals surface area contributed by atoms with Crippen LogP contribution in [0, 0.1) is 6.92 Å². The van der Waals surface area contributed by atoms with Gasteiger partial charge in [0.2, 0.25) is 0 Å². The number of hydrogen-bond donors (Lipinski definition) is 2. The van der Waals surface area contributed by atoms with Crippen LogP contribution in [0.1, 0.15) is 12.0 Å². The summed E-state index contributed by atoms with van der Waals surface area (Å²) in [6, 6.07) is 15.4. The number of ether oxygens (including phenoxy) is 1. The first kappa shape index (κ1) is 25.3. The van der Waals surface area contributed by atoms with Crippen molar-refractivity contribution in [3.05, 3.63) is 54.1 Å². The number of aryl methyl sites for hydroxylation is 1. The molecule has 1 saturated heterocycles. The van der Waals surface area contributed by atoms with Crippen LogP contribution in [0.2, 0.25) is 0 Å². The highest BCUT2D eigenvalue weighted by atomic mass is 127. The summed E-state index contributed by atoms with van der Waals surface area (Å²) in [5, 5.41) is 6.74. The van der Waals surface area contributed by atoms with Gasteiger partial charge in [0, 0.05) is 38.1 Å². The molecule has 9 heteroatoms. The molecular weight excluding hydrogens is 527 g/mol. The van der Waals surface area contributed by atoms with Crippen LogP contribution in [0.5, 0.6) is 5.75 Å². The van der Waals surface area contributed by atoms with Crippen molar-refractivity contribution in [2.75, 3.05) is 44.4 Å². The molecule has 0 aliphatic carbocycles. The largest absolute Gasteiger partial charge is 0.492 e. The third-order valence-electron chi connectivity index (χ3n) is 5.07. The molecular formula is C22H31IN4O3S. The molecule has 2 N–H and O–H groups in total. The van der Waals surface area contributed by atoms with Gasteiger partial charge in [0.25, 0.3) is 0 Å². The number of aliphatic imine (C=N–C) groups is 1. The third-order valence-corrected chi connectivity index (χ3v) is 6.20. The molecule has 0 bridgehead atoms. The Morgan fingerprint density at radius 3 is 2.45 bits per heavy atom. The maximum absolute atomic E-state index is 11.5. The van der Waals surface area contributed by atoms with Crippen LogP contribution in [-0.2, 0) is 9.84 Å². The van der Waals surface area contributed by atoms with E-state index >= 15 is 0 Å². The van der Waals surface area contributed by atoms with Crippen molar-refractivity contribution in [2.24, 2.45) is 4.99 Å². The molecule has 170 valence electrons. The Morgan fingerprint density at radius 2 is 1.84 bits per heavy atom. The van der Waals surface area contributed by atoms with E-state index in [-0.39, 0.29) is 28.9 Å². The SMILES string of the molecule is CN=C(NCCOc1ccc(S(C)(=O)=O)cc1)NC1CCN(c2ccc(C)cc2)C1.I. The summed E-state index contributed by atoms with van der Waals surface area (Å²) in [6.07, 6.45) is 2.24. The molecule has 0 aromatic heterocycles. The number of anilines is 1. The minimum Gasteiger partial charge on any atom is -0.492 e. The number of nitrogens with zero attached hydrogens (tertiary/aromatic N) is 2. The second-order valence-corrected chi connectivity index (χ2v) is 9.52. The molecule has 1 heterocycles. The standard InChI is InChI=1S/C22H30N4O3S.HI/c1-17-4-6-19(7-5-17)26-14-12-18(16-26)25-22(23-2)24-13-15-29-20-8-10-21(11-9-20)30(3,27)28;/h4-11,18H,12-16H2,1-3H3,(H2,23,24,25);1H. The van der Waals surface area contributed by atoms with Crippen molar-refractivity contribution in [2.45, 2.75) is 24.3 Å². The summed E-state index contributed by atoms with van der Waals surface area (Å²) in [5.74, 6) is 1.39. The number of nitrogens with one attached hydrogen (secondary N) is 2. The fourth-order valence-corrected chi connectivity index (χ4v) is 4.01. The summed E-state index contributed by atoms with van der Waals surface area (Å²) in [5.41, 5.74) is 2.52. The average Bonchev–Trinajstić information content (AvgIpc) is 3.19. The lowest BCUT2D eigenvalue weighted by molar-refractivity contribution is 0.321. The van der Waals surface area contributed by atoms with Gasteiger partial charge in [-0.1, -0.05) is 17.7 Å². The van der Waals surface area contributed by atoms with Gasteiger partial charge in [-0.2, -0.15) is 0 Å². The van der Waals surface area contributed by atoms with Gasteiger partial charge < -0.3 is 20.3 Å². The summed E-state index contributed by atoms with van der Waals surface area (Å²) in [7, 11) is -1.43. The number of hydrogen-bond acceptors (Lipinski definition) is 5. The smallest absolute Gasteiger partial charge is 0.191 e. The molecule has 0 amide bonds. The Balaban J connectivity index is 0.00000341. The molecule has 3 rings (SSSR count).